The molecule has 0 rings (SSSR count). The van der Waals surface area contributed by atoms with Crippen LogP contribution in [0.4, 0.5) is 0 Å². The molecule has 0 amide bonds. The number of halogens is 2. The van der Waals surface area contributed by atoms with Crippen molar-refractivity contribution in [3.63, 3.8) is 0 Å². The Morgan fingerprint density at radius 1 is 0.750 bits per heavy atom. The first-order valence-corrected chi connectivity index (χ1v) is 19.7. The van der Waals surface area contributed by atoms with E-state index in [1.807, 2.05) is 0 Å². The molecule has 8 nitrogen and oxygen atoms in total. The third-order valence-corrected chi connectivity index (χ3v) is 16.7. The molecule has 0 aromatic carbocycles. The summed E-state index contributed by atoms with van der Waals surface area (Å²) in [5, 5.41) is 0.350. The Kier molecular flexibility index (Phi) is 24.7. The molecule has 0 aromatic heterocycles. The Labute approximate surface area is 282 Å². The molecular weight excluding hydrogens is 766 g/mol. The van der Waals surface area contributed by atoms with Crippen molar-refractivity contribution in [3.05, 3.63) is 12.7 Å². The second-order valence-electron chi connectivity index (χ2n) is 12.3. The molecular formula is C27H51BrIO8Si2V-. The van der Waals surface area contributed by atoms with Gasteiger partial charge in [0.05, 0.1) is 44.6 Å². The number of rotatable bonds is 14. The van der Waals surface area contributed by atoms with Crippen LogP contribution in [0.5, 0.6) is 0 Å². The molecule has 40 heavy (non-hydrogen) atoms. The van der Waals surface area contributed by atoms with Crippen molar-refractivity contribution in [3.8, 4) is 0 Å². The molecule has 0 N–H and O–H groups in total. The predicted molar refractivity (Wildman–Crippen MR) is 161 cm³/mol. The van der Waals surface area contributed by atoms with Crippen molar-refractivity contribution >= 4 is 56.1 Å². The van der Waals surface area contributed by atoms with Gasteiger partial charge in [-0.25, -0.2) is 0 Å². The summed E-state index contributed by atoms with van der Waals surface area (Å²) in [4.78, 5) is 45.9. The van der Waals surface area contributed by atoms with E-state index in [0.29, 0.717) is 0 Å². The summed E-state index contributed by atoms with van der Waals surface area (Å²) in [6.07, 6.45) is 1.08. The largest absolute Gasteiger partial charge is 1.00 e. The third kappa shape index (κ3) is 19.4. The maximum Gasteiger partial charge on any atom is 0.308 e. The second kappa shape index (κ2) is 21.0. The first kappa shape index (κ1) is 47.1. The predicted octanol–water partition coefficient (Wildman–Crippen LogP) is 3.38. The van der Waals surface area contributed by atoms with Gasteiger partial charge < -0.3 is 42.3 Å². The SMILES string of the molecule is C=CC(=O)C[C@H](CC(=O)OC)O[Si](C)(C)C(C)(C)C.COC(=O)C[C@@H](CC(=O)CBr)O[Si](C)(C)C(C)(C)C.[I-].[V]. The zero-order valence-corrected chi connectivity index (χ0v) is 33.6. The second-order valence-corrected chi connectivity index (χ2v) is 22.4. The smallest absolute Gasteiger partial charge is 0.308 e. The number of carbonyl (C=O) groups excluding carboxylic acids is 4. The fourth-order valence-electron chi connectivity index (χ4n) is 2.65. The van der Waals surface area contributed by atoms with Crippen molar-refractivity contribution < 1.29 is 80.0 Å². The van der Waals surface area contributed by atoms with Crippen LogP contribution < -0.4 is 24.0 Å². The van der Waals surface area contributed by atoms with E-state index in [9.17, 15) is 19.2 Å². The van der Waals surface area contributed by atoms with Gasteiger partial charge in [0.2, 0.25) is 0 Å². The monoisotopic (exact) mass is 816 g/mol. The average molecular weight is 818 g/mol. The number of Topliss-reactive ketones (excluding diaryl/α,β-unsaturated/α-hetero) is 1. The van der Waals surface area contributed by atoms with Gasteiger partial charge in [-0.1, -0.05) is 64.1 Å². The molecule has 13 heteroatoms. The van der Waals surface area contributed by atoms with E-state index in [2.05, 4.69) is 99.7 Å². The molecule has 0 bridgehead atoms. The van der Waals surface area contributed by atoms with E-state index in [-0.39, 0.29) is 107 Å². The minimum atomic E-state index is -2.02. The fourth-order valence-corrected chi connectivity index (χ4v) is 5.59. The summed E-state index contributed by atoms with van der Waals surface area (Å²) in [6, 6.07) is 0. The molecule has 235 valence electrons. The van der Waals surface area contributed by atoms with Gasteiger partial charge in [0.15, 0.2) is 22.4 Å². The van der Waals surface area contributed by atoms with Crippen molar-refractivity contribution in [2.24, 2.45) is 0 Å². The molecule has 0 saturated carbocycles. The number of hydrogen-bond donors (Lipinski definition) is 0. The van der Waals surface area contributed by atoms with Gasteiger partial charge in [-0.2, -0.15) is 0 Å². The number of alkyl halides is 1. The molecule has 0 saturated heterocycles. The maximum atomic E-state index is 11.6. The summed E-state index contributed by atoms with van der Waals surface area (Å²) in [6.45, 7) is 24.6. The number of ether oxygens (including phenoxy) is 2. The first-order chi connectivity index (χ1) is 17.1. The van der Waals surface area contributed by atoms with Gasteiger partial charge in [-0.15, -0.1) is 0 Å². The van der Waals surface area contributed by atoms with Gasteiger partial charge in [0, 0.05) is 31.4 Å². The summed E-state index contributed by atoms with van der Waals surface area (Å²) in [5.74, 6) is -0.785. The normalized spacial score (nSPS) is 13.2. The molecule has 0 aliphatic carbocycles. The van der Waals surface area contributed by atoms with Crippen LogP contribution >= 0.6 is 15.9 Å². The van der Waals surface area contributed by atoms with Gasteiger partial charge in [0.1, 0.15) is 5.78 Å². The van der Waals surface area contributed by atoms with Crippen LogP contribution in [0.15, 0.2) is 12.7 Å². The first-order valence-electron chi connectivity index (χ1n) is 12.8. The molecule has 0 aromatic rings. The van der Waals surface area contributed by atoms with Gasteiger partial charge >= 0.3 is 11.9 Å². The Hall–Kier alpha value is 0.168. The van der Waals surface area contributed by atoms with Gasteiger partial charge in [-0.05, 0) is 42.3 Å². The molecule has 0 spiro atoms. The van der Waals surface area contributed by atoms with Crippen LogP contribution in [0, 0.1) is 0 Å². The van der Waals surface area contributed by atoms with E-state index in [1.54, 1.807) is 0 Å². The van der Waals surface area contributed by atoms with Crippen molar-refractivity contribution in [2.45, 2.75) is 116 Å². The molecule has 0 aliphatic heterocycles. The summed E-state index contributed by atoms with van der Waals surface area (Å²) < 4.78 is 21.6. The Balaban J connectivity index is -0.000000309. The third-order valence-electron chi connectivity index (χ3n) is 7.04. The number of methoxy groups -OCH3 is 2. The minimum Gasteiger partial charge on any atom is -1.00 e. The fraction of sp³-hybridized carbons (Fsp3) is 0.778. The van der Waals surface area contributed by atoms with Crippen LogP contribution in [-0.4, -0.2) is 71.9 Å². The van der Waals surface area contributed by atoms with Crippen LogP contribution in [0.25, 0.3) is 0 Å². The van der Waals surface area contributed by atoms with E-state index in [1.165, 1.54) is 20.3 Å². The number of carbonyl (C=O) groups is 4. The number of hydrogen-bond acceptors (Lipinski definition) is 8. The van der Waals surface area contributed by atoms with Crippen LogP contribution in [-0.2, 0) is 56.1 Å². The van der Waals surface area contributed by atoms with Crippen molar-refractivity contribution in [1.29, 1.82) is 0 Å². The molecule has 0 unspecified atom stereocenters. The Bertz CT molecular complexity index is 793. The maximum absolute atomic E-state index is 11.6. The van der Waals surface area contributed by atoms with E-state index in [4.69, 9.17) is 8.85 Å². The molecule has 0 aliphatic rings. The van der Waals surface area contributed by atoms with Crippen LogP contribution in [0.3, 0.4) is 0 Å². The molecule has 0 heterocycles. The van der Waals surface area contributed by atoms with E-state index >= 15 is 0 Å². The van der Waals surface area contributed by atoms with E-state index < -0.39 is 28.8 Å². The summed E-state index contributed by atoms with van der Waals surface area (Å²) in [7, 11) is -1.34. The zero-order chi connectivity index (χ0) is 30.5. The van der Waals surface area contributed by atoms with Gasteiger partial charge in [0.25, 0.3) is 0 Å². The average Bonchev–Trinajstić information content (AvgIpc) is 2.76. The quantitative estimate of drug-likeness (QED) is 0.0866. The summed E-state index contributed by atoms with van der Waals surface area (Å²) in [5.41, 5.74) is 0. The van der Waals surface area contributed by atoms with Crippen LogP contribution in [0.2, 0.25) is 36.3 Å². The van der Waals surface area contributed by atoms with Crippen LogP contribution in [0.1, 0.15) is 67.2 Å². The topological polar surface area (TPSA) is 105 Å². The Morgan fingerprint density at radius 2 is 1.07 bits per heavy atom. The standard InChI is InChI=1S/C14H26O4Si.C13H25BrO4Si.HI.V/c1-8-11(15)9-12(10-13(16)17-5)18-19(6,7)14(2,3)4;1-13(2,3)19(5,6)18-11(7-10(15)9-14)8-12(16)17-4;;/h8,12H,1,9-10H2,2-7H3;11H,7-9H2,1-6H3;1H;/p-1/t12-;11-;;/m11../s1. The molecule has 1 radical (unpaired) electrons. The van der Waals surface area contributed by atoms with Crippen molar-refractivity contribution in [2.75, 3.05) is 19.5 Å². The number of ketones is 2. The Morgan fingerprint density at radius 3 is 1.32 bits per heavy atom. The molecule has 2 atom stereocenters. The van der Waals surface area contributed by atoms with E-state index in [0.717, 1.165) is 0 Å². The zero-order valence-electron chi connectivity index (χ0n) is 26.4. The summed E-state index contributed by atoms with van der Waals surface area (Å²) >= 11 is 3.14. The molecule has 0 fully saturated rings. The number of allylic oxidation sites excluding steroid dienone is 1. The minimum absolute atomic E-state index is 0. The number of esters is 2. The van der Waals surface area contributed by atoms with Crippen molar-refractivity contribution in [1.82, 2.24) is 0 Å². The van der Waals surface area contributed by atoms with Gasteiger partial charge in [-0.3, -0.25) is 19.2 Å².